The summed E-state index contributed by atoms with van der Waals surface area (Å²) >= 11 is 1.62. The molecule has 0 bridgehead atoms. The summed E-state index contributed by atoms with van der Waals surface area (Å²) in [7, 11) is 1.81. The molecule has 5 heteroatoms. The van der Waals surface area contributed by atoms with E-state index in [1.807, 2.05) is 24.6 Å². The molecule has 0 aliphatic heterocycles. The van der Waals surface area contributed by atoms with Gasteiger partial charge in [0.05, 0.1) is 17.1 Å². The molecular weight excluding hydrogens is 258 g/mol. The van der Waals surface area contributed by atoms with E-state index in [-0.39, 0.29) is 5.91 Å². The van der Waals surface area contributed by atoms with E-state index in [1.54, 1.807) is 28.6 Å². The molecule has 0 radical (unpaired) electrons. The number of amides is 1. The smallest absolute Gasteiger partial charge is 0.228 e. The van der Waals surface area contributed by atoms with Crippen molar-refractivity contribution in [2.45, 2.75) is 26.3 Å². The topological polar surface area (TPSA) is 46.1 Å². The Kier molecular flexibility index (Phi) is 4.63. The number of aryl methyl sites for hydroxylation is 1. The number of likely N-dealkylation sites (N-methyl/N-ethyl adjacent to an activating group) is 1. The van der Waals surface area contributed by atoms with Crippen LogP contribution in [0, 0.1) is 0 Å². The Morgan fingerprint density at radius 2 is 2.32 bits per heavy atom. The van der Waals surface area contributed by atoms with Crippen LogP contribution >= 0.6 is 11.3 Å². The lowest BCUT2D eigenvalue weighted by Crippen LogP contribution is -2.27. The van der Waals surface area contributed by atoms with Crippen LogP contribution in [0.4, 0.5) is 0 Å². The molecule has 0 unspecified atom stereocenters. The summed E-state index contributed by atoms with van der Waals surface area (Å²) in [5, 5.41) is 3.05. The quantitative estimate of drug-likeness (QED) is 0.841. The van der Waals surface area contributed by atoms with Gasteiger partial charge in [-0.2, -0.15) is 0 Å². The minimum absolute atomic E-state index is 0.0804. The van der Waals surface area contributed by atoms with Gasteiger partial charge in [-0.05, 0) is 18.1 Å². The third-order valence-electron chi connectivity index (χ3n) is 2.80. The van der Waals surface area contributed by atoms with Crippen LogP contribution in [0.3, 0.4) is 0 Å². The highest BCUT2D eigenvalue weighted by Gasteiger charge is 2.12. The maximum Gasteiger partial charge on any atom is 0.228 e. The van der Waals surface area contributed by atoms with Crippen LogP contribution in [0.1, 0.15) is 23.2 Å². The summed E-state index contributed by atoms with van der Waals surface area (Å²) in [5.41, 5.74) is 1.90. The van der Waals surface area contributed by atoms with Crippen LogP contribution in [0.5, 0.6) is 0 Å². The number of carbonyl (C=O) groups excluding carboxylic acids is 1. The fourth-order valence-corrected chi connectivity index (χ4v) is 2.48. The molecule has 4 nitrogen and oxygen atoms in total. The van der Waals surface area contributed by atoms with Crippen LogP contribution in [-0.4, -0.2) is 27.8 Å². The van der Waals surface area contributed by atoms with E-state index in [4.69, 9.17) is 0 Å². The van der Waals surface area contributed by atoms with Crippen LogP contribution in [0.2, 0.25) is 0 Å². The van der Waals surface area contributed by atoms with Gasteiger partial charge in [-0.15, -0.1) is 11.3 Å². The first-order valence-electron chi connectivity index (χ1n) is 6.25. The molecule has 2 heterocycles. The maximum absolute atomic E-state index is 12.1. The number of hydrogen-bond acceptors (Lipinski definition) is 4. The third-order valence-corrected chi connectivity index (χ3v) is 3.84. The first kappa shape index (κ1) is 13.7. The van der Waals surface area contributed by atoms with Gasteiger partial charge in [0.25, 0.3) is 0 Å². The monoisotopic (exact) mass is 275 g/mol. The third kappa shape index (κ3) is 3.86. The summed E-state index contributed by atoms with van der Waals surface area (Å²) in [4.78, 5) is 22.3. The van der Waals surface area contributed by atoms with E-state index >= 15 is 0 Å². The second kappa shape index (κ2) is 6.43. The number of nitrogens with zero attached hydrogens (tertiary/aromatic N) is 3. The molecule has 1 amide bonds. The van der Waals surface area contributed by atoms with Crippen molar-refractivity contribution < 1.29 is 4.79 Å². The Morgan fingerprint density at radius 1 is 1.47 bits per heavy atom. The Hall–Kier alpha value is -1.75. The SMILES string of the molecule is CCc1nc(CC(=O)N(C)Cc2cccnc2)cs1. The number of carbonyl (C=O) groups is 1. The van der Waals surface area contributed by atoms with Crippen molar-refractivity contribution in [3.05, 3.63) is 46.2 Å². The minimum atomic E-state index is 0.0804. The van der Waals surface area contributed by atoms with E-state index in [9.17, 15) is 4.79 Å². The van der Waals surface area contributed by atoms with Crippen molar-refractivity contribution >= 4 is 17.2 Å². The van der Waals surface area contributed by atoms with E-state index in [0.29, 0.717) is 13.0 Å². The van der Waals surface area contributed by atoms with Crippen LogP contribution in [0.15, 0.2) is 29.9 Å². The van der Waals surface area contributed by atoms with Gasteiger partial charge >= 0.3 is 0 Å². The molecule has 2 aromatic rings. The van der Waals surface area contributed by atoms with E-state index in [0.717, 1.165) is 22.7 Å². The average molecular weight is 275 g/mol. The van der Waals surface area contributed by atoms with Crippen LogP contribution < -0.4 is 0 Å². The zero-order chi connectivity index (χ0) is 13.7. The summed E-state index contributed by atoms with van der Waals surface area (Å²) in [6.45, 7) is 2.65. The Morgan fingerprint density at radius 3 is 2.95 bits per heavy atom. The van der Waals surface area contributed by atoms with Gasteiger partial charge in [-0.25, -0.2) is 4.98 Å². The van der Waals surface area contributed by atoms with Crippen molar-refractivity contribution in [1.82, 2.24) is 14.9 Å². The van der Waals surface area contributed by atoms with Crippen molar-refractivity contribution in [2.75, 3.05) is 7.05 Å². The maximum atomic E-state index is 12.1. The summed E-state index contributed by atoms with van der Waals surface area (Å²) in [5.74, 6) is 0.0804. The molecule has 0 aromatic carbocycles. The molecule has 0 aliphatic carbocycles. The van der Waals surface area contributed by atoms with Crippen molar-refractivity contribution in [3.8, 4) is 0 Å². The second-order valence-corrected chi connectivity index (χ2v) is 5.32. The predicted molar refractivity (Wildman–Crippen MR) is 75.9 cm³/mol. The number of pyridine rings is 1. The molecule has 2 aromatic heterocycles. The molecule has 0 fully saturated rings. The number of hydrogen-bond donors (Lipinski definition) is 0. The van der Waals surface area contributed by atoms with Gasteiger partial charge in [-0.1, -0.05) is 13.0 Å². The largest absolute Gasteiger partial charge is 0.341 e. The van der Waals surface area contributed by atoms with Crippen molar-refractivity contribution in [2.24, 2.45) is 0 Å². The number of aromatic nitrogens is 2. The summed E-state index contributed by atoms with van der Waals surface area (Å²) < 4.78 is 0. The lowest BCUT2D eigenvalue weighted by Gasteiger charge is -2.16. The Balaban J connectivity index is 1.92. The minimum Gasteiger partial charge on any atom is -0.341 e. The highest BCUT2D eigenvalue weighted by Crippen LogP contribution is 2.12. The molecule has 0 aliphatic rings. The van der Waals surface area contributed by atoms with Crippen molar-refractivity contribution in [3.63, 3.8) is 0 Å². The first-order chi connectivity index (χ1) is 9.19. The highest BCUT2D eigenvalue weighted by atomic mass is 32.1. The molecule has 0 atom stereocenters. The Labute approximate surface area is 117 Å². The van der Waals surface area contributed by atoms with Gasteiger partial charge < -0.3 is 4.90 Å². The Bertz CT molecular complexity index is 539. The summed E-state index contributed by atoms with van der Waals surface area (Å²) in [6.07, 6.45) is 4.80. The van der Waals surface area contributed by atoms with E-state index < -0.39 is 0 Å². The molecule has 2 rings (SSSR count). The fourth-order valence-electron chi connectivity index (χ4n) is 1.74. The van der Waals surface area contributed by atoms with E-state index in [1.165, 1.54) is 0 Å². The van der Waals surface area contributed by atoms with E-state index in [2.05, 4.69) is 16.9 Å². The molecule has 0 N–H and O–H groups in total. The lowest BCUT2D eigenvalue weighted by molar-refractivity contribution is -0.129. The molecular formula is C14H17N3OS. The van der Waals surface area contributed by atoms with Gasteiger partial charge in [-0.3, -0.25) is 9.78 Å². The van der Waals surface area contributed by atoms with Crippen LogP contribution in [-0.2, 0) is 24.2 Å². The average Bonchev–Trinajstić information content (AvgIpc) is 2.87. The molecule has 19 heavy (non-hydrogen) atoms. The summed E-state index contributed by atoms with van der Waals surface area (Å²) in [6, 6.07) is 3.84. The van der Waals surface area contributed by atoms with Crippen LogP contribution in [0.25, 0.3) is 0 Å². The molecule has 0 spiro atoms. The number of thiazole rings is 1. The second-order valence-electron chi connectivity index (χ2n) is 4.37. The standard InChI is InChI=1S/C14H17N3OS/c1-3-13-16-12(10-19-13)7-14(18)17(2)9-11-5-4-6-15-8-11/h4-6,8,10H,3,7,9H2,1-2H3. The highest BCUT2D eigenvalue weighted by molar-refractivity contribution is 7.09. The normalized spacial score (nSPS) is 10.4. The first-order valence-corrected chi connectivity index (χ1v) is 7.13. The molecule has 0 saturated carbocycles. The van der Waals surface area contributed by atoms with Gasteiger partial charge in [0, 0.05) is 31.4 Å². The predicted octanol–water partition coefficient (Wildman–Crippen LogP) is 2.30. The number of rotatable bonds is 5. The fraction of sp³-hybridized carbons (Fsp3) is 0.357. The van der Waals surface area contributed by atoms with Crippen molar-refractivity contribution in [1.29, 1.82) is 0 Å². The zero-order valence-corrected chi connectivity index (χ0v) is 12.0. The lowest BCUT2D eigenvalue weighted by atomic mass is 10.2. The zero-order valence-electron chi connectivity index (χ0n) is 11.2. The van der Waals surface area contributed by atoms with Gasteiger partial charge in [0.15, 0.2) is 0 Å². The van der Waals surface area contributed by atoms with Gasteiger partial charge in [0.1, 0.15) is 0 Å². The van der Waals surface area contributed by atoms with Gasteiger partial charge in [0.2, 0.25) is 5.91 Å². The molecule has 100 valence electrons. The molecule has 0 saturated heterocycles.